The number of nitrogens with one attached hydrogen (secondary N) is 4. The van der Waals surface area contributed by atoms with Gasteiger partial charge in [-0.15, -0.1) is 37.2 Å². The van der Waals surface area contributed by atoms with Crippen molar-refractivity contribution in [3.8, 4) is 0 Å². The molecule has 0 aromatic heterocycles. The summed E-state index contributed by atoms with van der Waals surface area (Å²) in [6.45, 7) is 8.27. The Morgan fingerprint density at radius 3 is 1.15 bits per heavy atom. The molecule has 216 valence electrons. The van der Waals surface area contributed by atoms with E-state index in [9.17, 15) is 9.59 Å². The molecule has 0 radical (unpaired) electrons. The van der Waals surface area contributed by atoms with Crippen LogP contribution >= 0.6 is 37.2 Å². The summed E-state index contributed by atoms with van der Waals surface area (Å²) >= 11 is 0. The van der Waals surface area contributed by atoms with Gasteiger partial charge in [0.05, 0.1) is 0 Å². The molecule has 11 heteroatoms. The van der Waals surface area contributed by atoms with E-state index < -0.39 is 0 Å². The molecule has 2 aliphatic carbocycles. The van der Waals surface area contributed by atoms with Gasteiger partial charge in [-0.25, -0.2) is 0 Å². The minimum atomic E-state index is 0. The fourth-order valence-electron chi connectivity index (χ4n) is 4.49. The van der Waals surface area contributed by atoms with Gasteiger partial charge in [0.25, 0.3) is 11.8 Å². The summed E-state index contributed by atoms with van der Waals surface area (Å²) < 4.78 is 0. The number of rotatable bonds is 6. The number of amides is 2. The van der Waals surface area contributed by atoms with Crippen LogP contribution in [-0.2, 0) is 0 Å². The normalized spacial score (nSPS) is 18.2. The molecule has 39 heavy (non-hydrogen) atoms. The van der Waals surface area contributed by atoms with E-state index in [2.05, 4.69) is 31.1 Å². The van der Waals surface area contributed by atoms with E-state index in [1.165, 1.54) is 11.4 Å². The van der Waals surface area contributed by atoms with E-state index >= 15 is 0 Å². The summed E-state index contributed by atoms with van der Waals surface area (Å²) in [5, 5.41) is 12.7. The Hall–Kier alpha value is -2.23. The molecule has 8 nitrogen and oxygen atoms in total. The summed E-state index contributed by atoms with van der Waals surface area (Å²) in [4.78, 5) is 28.4. The molecule has 2 saturated heterocycles. The van der Waals surface area contributed by atoms with Crippen molar-refractivity contribution in [2.24, 2.45) is 0 Å². The lowest BCUT2D eigenvalue weighted by molar-refractivity contribution is 0.0942. The average molecular weight is 600 g/mol. The predicted octanol–water partition coefficient (Wildman–Crippen LogP) is 3.24. The highest BCUT2D eigenvalue weighted by Gasteiger charge is 2.24. The van der Waals surface area contributed by atoms with E-state index in [1.807, 2.05) is 48.5 Å². The van der Waals surface area contributed by atoms with E-state index in [1.54, 1.807) is 0 Å². The topological polar surface area (TPSA) is 88.7 Å². The highest BCUT2D eigenvalue weighted by molar-refractivity contribution is 5.95. The van der Waals surface area contributed by atoms with Gasteiger partial charge >= 0.3 is 0 Å². The predicted molar refractivity (Wildman–Crippen MR) is 166 cm³/mol. The first kappa shape index (κ1) is 33.0. The molecule has 4 aliphatic rings. The maximum atomic E-state index is 11.8. The minimum absolute atomic E-state index is 0. The van der Waals surface area contributed by atoms with Crippen LogP contribution < -0.4 is 31.1 Å². The molecule has 0 bridgehead atoms. The van der Waals surface area contributed by atoms with Crippen LogP contribution in [-0.4, -0.2) is 76.3 Å². The molecule has 2 saturated carbocycles. The Balaban J connectivity index is 0.000000254. The Morgan fingerprint density at radius 1 is 0.564 bits per heavy atom. The summed E-state index contributed by atoms with van der Waals surface area (Å²) in [6.07, 6.45) is 4.52. The number of hydrogen-bond acceptors (Lipinski definition) is 6. The van der Waals surface area contributed by atoms with Gasteiger partial charge in [-0.05, 0) is 74.2 Å². The van der Waals surface area contributed by atoms with Crippen molar-refractivity contribution in [1.29, 1.82) is 0 Å². The third-order valence-corrected chi connectivity index (χ3v) is 7.05. The van der Waals surface area contributed by atoms with Gasteiger partial charge in [-0.2, -0.15) is 0 Å². The summed E-state index contributed by atoms with van der Waals surface area (Å²) in [5.74, 6) is 0.119. The van der Waals surface area contributed by atoms with Gasteiger partial charge in [0, 0.05) is 86.9 Å². The summed E-state index contributed by atoms with van der Waals surface area (Å²) in [6, 6.07) is 16.7. The van der Waals surface area contributed by atoms with E-state index in [0.29, 0.717) is 12.1 Å². The Morgan fingerprint density at radius 2 is 0.872 bits per heavy atom. The van der Waals surface area contributed by atoms with Crippen molar-refractivity contribution in [1.82, 2.24) is 21.3 Å². The second-order valence-electron chi connectivity index (χ2n) is 10.1. The van der Waals surface area contributed by atoms with Crippen molar-refractivity contribution >= 4 is 60.4 Å². The standard InChI is InChI=1S/2C14H19N3O.3ClH/c2*18-14(16-12-3-4-12)11-1-5-13(6-2-11)17-9-7-15-8-10-17;;;/h2*1-2,5-6,12,15H,3-4,7-10H2,(H,16,18);3*1H. The zero-order valence-electron chi connectivity index (χ0n) is 22.2. The molecule has 2 amide bonds. The molecule has 0 atom stereocenters. The fraction of sp³-hybridized carbons (Fsp3) is 0.500. The molecule has 2 aromatic carbocycles. The van der Waals surface area contributed by atoms with Crippen molar-refractivity contribution < 1.29 is 9.59 Å². The Bertz CT molecular complexity index is 937. The molecule has 0 spiro atoms. The van der Waals surface area contributed by atoms with Crippen molar-refractivity contribution in [3.05, 3.63) is 59.7 Å². The molecular weight excluding hydrogens is 559 g/mol. The Kier molecular flexibility index (Phi) is 13.6. The highest BCUT2D eigenvalue weighted by atomic mass is 35.5. The smallest absolute Gasteiger partial charge is 0.251 e. The van der Waals surface area contributed by atoms with Crippen molar-refractivity contribution in [3.63, 3.8) is 0 Å². The number of piperazine rings is 2. The molecular formula is C28H41Cl3N6O2. The van der Waals surface area contributed by atoms with E-state index in [4.69, 9.17) is 0 Å². The molecule has 2 heterocycles. The summed E-state index contributed by atoms with van der Waals surface area (Å²) in [5.41, 5.74) is 3.94. The maximum Gasteiger partial charge on any atom is 0.251 e. The van der Waals surface area contributed by atoms with Crippen LogP contribution in [0.2, 0.25) is 0 Å². The zero-order valence-corrected chi connectivity index (χ0v) is 24.6. The number of nitrogens with zero attached hydrogens (tertiary/aromatic N) is 2. The monoisotopic (exact) mass is 598 g/mol. The first-order valence-corrected chi connectivity index (χ1v) is 13.4. The second kappa shape index (κ2) is 16.1. The van der Waals surface area contributed by atoms with Crippen LogP contribution in [0.5, 0.6) is 0 Å². The third kappa shape index (κ3) is 10.0. The average Bonchev–Trinajstić information content (AvgIpc) is 3.88. The van der Waals surface area contributed by atoms with Crippen LogP contribution in [0.15, 0.2) is 48.5 Å². The third-order valence-electron chi connectivity index (χ3n) is 7.05. The molecule has 6 rings (SSSR count). The van der Waals surface area contributed by atoms with Gasteiger partial charge < -0.3 is 31.1 Å². The van der Waals surface area contributed by atoms with Crippen molar-refractivity contribution in [2.75, 3.05) is 62.2 Å². The number of hydrogen-bond donors (Lipinski definition) is 4. The minimum Gasteiger partial charge on any atom is -0.369 e. The number of anilines is 2. The van der Waals surface area contributed by atoms with Crippen LogP contribution in [0.25, 0.3) is 0 Å². The van der Waals surface area contributed by atoms with E-state index in [0.717, 1.165) is 89.2 Å². The molecule has 2 aliphatic heterocycles. The molecule has 2 aromatic rings. The largest absolute Gasteiger partial charge is 0.369 e. The lowest BCUT2D eigenvalue weighted by Gasteiger charge is -2.29. The van der Waals surface area contributed by atoms with Gasteiger partial charge in [-0.1, -0.05) is 0 Å². The van der Waals surface area contributed by atoms with Crippen LogP contribution in [0.1, 0.15) is 46.4 Å². The van der Waals surface area contributed by atoms with E-state index in [-0.39, 0.29) is 49.0 Å². The zero-order chi connectivity index (χ0) is 24.7. The van der Waals surface area contributed by atoms with Gasteiger partial charge in [0.2, 0.25) is 0 Å². The number of carbonyl (C=O) groups is 2. The SMILES string of the molecule is Cl.Cl.Cl.O=C(NC1CC1)c1ccc(N2CCNCC2)cc1.O=C(NC1CC1)c1ccc(N2CCNCC2)cc1. The van der Waals surface area contributed by atoms with Crippen LogP contribution in [0, 0.1) is 0 Å². The lowest BCUT2D eigenvalue weighted by Crippen LogP contribution is -2.43. The van der Waals surface area contributed by atoms with Crippen molar-refractivity contribution in [2.45, 2.75) is 37.8 Å². The number of benzene rings is 2. The Labute approximate surface area is 250 Å². The molecule has 0 unspecified atom stereocenters. The lowest BCUT2D eigenvalue weighted by atomic mass is 10.1. The summed E-state index contributed by atoms with van der Waals surface area (Å²) in [7, 11) is 0. The van der Waals surface area contributed by atoms with Gasteiger partial charge in [-0.3, -0.25) is 9.59 Å². The van der Waals surface area contributed by atoms with Gasteiger partial charge in [0.15, 0.2) is 0 Å². The van der Waals surface area contributed by atoms with Crippen LogP contribution in [0.4, 0.5) is 11.4 Å². The first-order chi connectivity index (χ1) is 17.7. The molecule has 4 N–H and O–H groups in total. The van der Waals surface area contributed by atoms with Gasteiger partial charge in [0.1, 0.15) is 0 Å². The highest BCUT2D eigenvalue weighted by Crippen LogP contribution is 2.21. The first-order valence-electron chi connectivity index (χ1n) is 13.4. The quantitative estimate of drug-likeness (QED) is 0.408. The second-order valence-corrected chi connectivity index (χ2v) is 10.1. The maximum absolute atomic E-state index is 11.8. The number of halogens is 3. The number of carbonyl (C=O) groups excluding carboxylic acids is 2. The molecule has 4 fully saturated rings. The van der Waals surface area contributed by atoms with Crippen LogP contribution in [0.3, 0.4) is 0 Å². The fourth-order valence-corrected chi connectivity index (χ4v) is 4.49.